The predicted molar refractivity (Wildman–Crippen MR) is 49.9 cm³/mol. The van der Waals surface area contributed by atoms with Crippen LogP contribution in [0.3, 0.4) is 0 Å². The second-order valence-corrected chi connectivity index (χ2v) is 18.8. The van der Waals surface area contributed by atoms with Crippen LogP contribution in [0.15, 0.2) is 5.38 Å². The van der Waals surface area contributed by atoms with Gasteiger partial charge in [0.2, 0.25) is 0 Å². The Balaban J connectivity index is 2.89. The summed E-state index contributed by atoms with van der Waals surface area (Å²) in [6.07, 6.45) is 0. The maximum absolute atomic E-state index is 12.1. The Morgan fingerprint density at radius 1 is 1.55 bits per heavy atom. The molecule has 0 aliphatic heterocycles. The van der Waals surface area contributed by atoms with Crippen molar-refractivity contribution in [2.24, 2.45) is 0 Å². The summed E-state index contributed by atoms with van der Waals surface area (Å²) in [7, 11) is 0. The standard InChI is InChI=1S/C4H3FNS.3CH3.Sn/c5-3-4-6-1-2-7-4;;;;/h2H,3H2;3*1H3;. The molecule has 0 aliphatic carbocycles. The van der Waals surface area contributed by atoms with E-state index in [-0.39, 0.29) is 0 Å². The van der Waals surface area contributed by atoms with Gasteiger partial charge < -0.3 is 0 Å². The van der Waals surface area contributed by atoms with Crippen LogP contribution in [0.4, 0.5) is 4.39 Å². The third kappa shape index (κ3) is 2.40. The van der Waals surface area contributed by atoms with Gasteiger partial charge in [0.1, 0.15) is 0 Å². The van der Waals surface area contributed by atoms with Crippen LogP contribution in [0.25, 0.3) is 0 Å². The van der Waals surface area contributed by atoms with Gasteiger partial charge in [-0.25, -0.2) is 0 Å². The van der Waals surface area contributed by atoms with Crippen LogP contribution >= 0.6 is 11.3 Å². The van der Waals surface area contributed by atoms with Crippen molar-refractivity contribution in [3.63, 3.8) is 0 Å². The molecule has 0 saturated carbocycles. The molecule has 0 N–H and O–H groups in total. The van der Waals surface area contributed by atoms with Crippen molar-refractivity contribution in [2.75, 3.05) is 0 Å². The van der Waals surface area contributed by atoms with Gasteiger partial charge in [0, 0.05) is 0 Å². The molecule has 0 spiro atoms. The number of hydrogen-bond acceptors (Lipinski definition) is 2. The first-order valence-corrected chi connectivity index (χ1v) is 14.4. The van der Waals surface area contributed by atoms with E-state index in [9.17, 15) is 4.39 Å². The van der Waals surface area contributed by atoms with E-state index in [0.717, 1.165) is 0 Å². The first-order valence-electron chi connectivity index (χ1n) is 3.55. The van der Waals surface area contributed by atoms with Crippen molar-refractivity contribution in [3.05, 3.63) is 10.4 Å². The monoisotopic (exact) mass is 281 g/mol. The zero-order chi connectivity index (χ0) is 8.48. The molecule has 11 heavy (non-hydrogen) atoms. The molecule has 0 amide bonds. The molecule has 0 unspecified atom stereocenters. The first-order chi connectivity index (χ1) is 5.04. The summed E-state index contributed by atoms with van der Waals surface area (Å²) in [5.74, 6) is 0. The summed E-state index contributed by atoms with van der Waals surface area (Å²) in [6, 6.07) is 0. The summed E-state index contributed by atoms with van der Waals surface area (Å²) in [4.78, 5) is 11.1. The van der Waals surface area contributed by atoms with Crippen molar-refractivity contribution < 1.29 is 4.39 Å². The molecule has 0 atom stereocenters. The molecule has 62 valence electrons. The molecule has 1 rings (SSSR count). The molecule has 0 fully saturated rings. The van der Waals surface area contributed by atoms with E-state index in [1.165, 1.54) is 15.0 Å². The van der Waals surface area contributed by atoms with Crippen molar-refractivity contribution in [2.45, 2.75) is 21.5 Å². The fourth-order valence-corrected chi connectivity index (χ4v) is 6.69. The van der Waals surface area contributed by atoms with Crippen LogP contribution < -0.4 is 3.71 Å². The minimum atomic E-state index is -1.98. The van der Waals surface area contributed by atoms with Gasteiger partial charge in [0.15, 0.2) is 0 Å². The van der Waals surface area contributed by atoms with Crippen molar-refractivity contribution in [1.82, 2.24) is 4.98 Å². The number of aromatic nitrogens is 1. The van der Waals surface area contributed by atoms with Crippen LogP contribution in [0.2, 0.25) is 14.8 Å². The second kappa shape index (κ2) is 3.39. The van der Waals surface area contributed by atoms with Gasteiger partial charge >= 0.3 is 74.7 Å². The minimum absolute atomic E-state index is 0.410. The number of halogens is 1. The quantitative estimate of drug-likeness (QED) is 0.756. The Bertz CT molecular complexity index is 241. The van der Waals surface area contributed by atoms with E-state index in [4.69, 9.17) is 0 Å². The van der Waals surface area contributed by atoms with Gasteiger partial charge in [0.05, 0.1) is 0 Å². The summed E-state index contributed by atoms with van der Waals surface area (Å²) in [5, 5.41) is 2.65. The number of rotatable bonds is 2. The molecule has 1 heterocycles. The van der Waals surface area contributed by atoms with Gasteiger partial charge in [-0.3, -0.25) is 0 Å². The van der Waals surface area contributed by atoms with Gasteiger partial charge in [-0.15, -0.1) is 0 Å². The van der Waals surface area contributed by atoms with Gasteiger partial charge in [-0.05, 0) is 0 Å². The number of alkyl halides is 1. The Morgan fingerprint density at radius 3 is 2.45 bits per heavy atom. The second-order valence-electron chi connectivity index (χ2n) is 3.51. The fraction of sp³-hybridized carbons (Fsp3) is 0.571. The van der Waals surface area contributed by atoms with Gasteiger partial charge in [-0.1, -0.05) is 0 Å². The van der Waals surface area contributed by atoms with E-state index in [1.54, 1.807) is 0 Å². The molecule has 4 heteroatoms. The van der Waals surface area contributed by atoms with E-state index >= 15 is 0 Å². The summed E-state index contributed by atoms with van der Waals surface area (Å²) < 4.78 is 13.3. The van der Waals surface area contributed by atoms with Crippen LogP contribution in [0, 0.1) is 0 Å². The molecule has 1 aromatic heterocycles. The molecule has 1 aromatic rings. The van der Waals surface area contributed by atoms with Crippen molar-refractivity contribution >= 4 is 33.4 Å². The first kappa shape index (κ1) is 9.45. The third-order valence-electron chi connectivity index (χ3n) is 1.43. The van der Waals surface area contributed by atoms with Gasteiger partial charge in [0.25, 0.3) is 0 Å². The fourth-order valence-electron chi connectivity index (χ4n) is 0.717. The van der Waals surface area contributed by atoms with E-state index in [2.05, 4.69) is 19.8 Å². The van der Waals surface area contributed by atoms with E-state index < -0.39 is 25.1 Å². The van der Waals surface area contributed by atoms with Gasteiger partial charge in [-0.2, -0.15) is 0 Å². The third-order valence-corrected chi connectivity index (χ3v) is 7.96. The van der Waals surface area contributed by atoms with E-state index in [1.807, 2.05) is 5.38 Å². The van der Waals surface area contributed by atoms with Crippen molar-refractivity contribution in [3.8, 4) is 0 Å². The summed E-state index contributed by atoms with van der Waals surface area (Å²) in [6.45, 7) is -0.410. The molecule has 0 saturated heterocycles. The normalized spacial score (nSPS) is 12.0. The Kier molecular flexibility index (Phi) is 2.91. The van der Waals surface area contributed by atoms with Crippen LogP contribution in [0.5, 0.6) is 0 Å². The SMILES string of the molecule is [CH3][Sn]([CH3])([CH3])[c]1csc(CF)n1. The molecular formula is C7H12FNSSn. The Labute approximate surface area is 74.5 Å². The van der Waals surface area contributed by atoms with Crippen molar-refractivity contribution in [1.29, 1.82) is 0 Å². The topological polar surface area (TPSA) is 12.9 Å². The number of hydrogen-bond donors (Lipinski definition) is 0. The average Bonchev–Trinajstić information content (AvgIpc) is 2.32. The zero-order valence-electron chi connectivity index (χ0n) is 7.02. The van der Waals surface area contributed by atoms with Crippen LogP contribution in [0.1, 0.15) is 5.01 Å². The Hall–Kier alpha value is 0.359. The van der Waals surface area contributed by atoms with Crippen LogP contribution in [-0.4, -0.2) is 23.4 Å². The summed E-state index contributed by atoms with van der Waals surface area (Å²) >= 11 is -0.540. The molecular weight excluding hydrogens is 268 g/mol. The molecule has 1 nitrogen and oxygen atoms in total. The molecule has 0 aromatic carbocycles. The zero-order valence-corrected chi connectivity index (χ0v) is 10.7. The molecule has 0 aliphatic rings. The Morgan fingerprint density at radius 2 is 2.18 bits per heavy atom. The molecule has 0 bridgehead atoms. The van der Waals surface area contributed by atoms with E-state index in [0.29, 0.717) is 5.01 Å². The maximum atomic E-state index is 12.1. The predicted octanol–water partition coefficient (Wildman–Crippen LogP) is 2.16. The van der Waals surface area contributed by atoms with Crippen LogP contribution in [-0.2, 0) is 6.67 Å². The number of thiazole rings is 1. The molecule has 0 radical (unpaired) electrons. The average molecular weight is 280 g/mol. The number of nitrogens with zero attached hydrogens (tertiary/aromatic N) is 1. The summed E-state index contributed by atoms with van der Waals surface area (Å²) in [5.41, 5.74) is 0.